The van der Waals surface area contributed by atoms with Crippen molar-refractivity contribution >= 4 is 27.5 Å². The topological polar surface area (TPSA) is 20.3 Å². The second-order valence-corrected chi connectivity index (χ2v) is 3.92. The van der Waals surface area contributed by atoms with Gasteiger partial charge < -0.3 is 4.90 Å². The number of rotatable bonds is 0. The number of fused-ring (bicyclic) bond motifs is 1. The highest BCUT2D eigenvalue weighted by molar-refractivity contribution is 9.10. The third-order valence-electron chi connectivity index (χ3n) is 2.23. The molecule has 0 saturated carbocycles. The Morgan fingerprint density at radius 3 is 2.77 bits per heavy atom. The van der Waals surface area contributed by atoms with Crippen molar-refractivity contribution in [2.45, 2.75) is 0 Å². The smallest absolute Gasteiger partial charge is 0.258 e. The summed E-state index contributed by atoms with van der Waals surface area (Å²) in [6.45, 7) is 3.85. The second-order valence-electron chi connectivity index (χ2n) is 3.00. The van der Waals surface area contributed by atoms with Gasteiger partial charge >= 0.3 is 0 Å². The van der Waals surface area contributed by atoms with Crippen molar-refractivity contribution in [2.75, 3.05) is 7.05 Å². The molecule has 3 heteroatoms. The van der Waals surface area contributed by atoms with E-state index in [1.54, 1.807) is 11.9 Å². The Balaban J connectivity index is 2.67. The Labute approximate surface area is 85.0 Å². The number of halogens is 1. The summed E-state index contributed by atoms with van der Waals surface area (Å²) >= 11 is 3.36. The second kappa shape index (κ2) is 2.70. The molecular weight excluding hydrogens is 230 g/mol. The van der Waals surface area contributed by atoms with Crippen LogP contribution < -0.4 is 0 Å². The molecule has 0 spiro atoms. The number of carbonyl (C=O) groups excluding carboxylic acids is 1. The molecule has 66 valence electrons. The molecule has 0 fully saturated rings. The standard InChI is InChI=1S/C10H8BrNO/c1-6-9-5-7(11)3-4-8(9)10(13)12(6)2/h3-5H,1H2,2H3. The van der Waals surface area contributed by atoms with Gasteiger partial charge in [0.25, 0.3) is 5.91 Å². The first-order valence-corrected chi connectivity index (χ1v) is 4.67. The van der Waals surface area contributed by atoms with Crippen LogP contribution in [0.15, 0.2) is 29.3 Å². The number of nitrogens with zero attached hydrogens (tertiary/aromatic N) is 1. The number of carbonyl (C=O) groups is 1. The molecule has 0 unspecified atom stereocenters. The zero-order chi connectivity index (χ0) is 9.59. The average Bonchev–Trinajstić information content (AvgIpc) is 2.32. The van der Waals surface area contributed by atoms with E-state index in [4.69, 9.17) is 0 Å². The molecule has 0 N–H and O–H groups in total. The normalized spacial score (nSPS) is 15.1. The molecule has 0 atom stereocenters. The molecule has 0 radical (unpaired) electrons. The SMILES string of the molecule is C=C1c2cc(Br)ccc2C(=O)N1C. The van der Waals surface area contributed by atoms with Crippen LogP contribution in [0.1, 0.15) is 15.9 Å². The Hall–Kier alpha value is -1.09. The molecule has 0 bridgehead atoms. The lowest BCUT2D eigenvalue weighted by molar-refractivity contribution is 0.0875. The zero-order valence-corrected chi connectivity index (χ0v) is 8.76. The van der Waals surface area contributed by atoms with Gasteiger partial charge in [-0.25, -0.2) is 0 Å². The molecule has 0 aromatic heterocycles. The fraction of sp³-hybridized carbons (Fsp3) is 0.100. The summed E-state index contributed by atoms with van der Waals surface area (Å²) in [5, 5.41) is 0. The molecule has 13 heavy (non-hydrogen) atoms. The van der Waals surface area contributed by atoms with Crippen molar-refractivity contribution in [3.8, 4) is 0 Å². The molecule has 1 aliphatic heterocycles. The van der Waals surface area contributed by atoms with Crippen LogP contribution in [-0.2, 0) is 0 Å². The molecule has 1 heterocycles. The summed E-state index contributed by atoms with van der Waals surface area (Å²) in [6.07, 6.45) is 0. The van der Waals surface area contributed by atoms with Crippen LogP contribution in [0.4, 0.5) is 0 Å². The summed E-state index contributed by atoms with van der Waals surface area (Å²) in [6, 6.07) is 5.60. The minimum atomic E-state index is 0.0208. The third-order valence-corrected chi connectivity index (χ3v) is 2.73. The largest absolute Gasteiger partial charge is 0.311 e. The van der Waals surface area contributed by atoms with Gasteiger partial charge in [0.05, 0.1) is 0 Å². The average molecular weight is 238 g/mol. The van der Waals surface area contributed by atoms with Gasteiger partial charge in [-0.3, -0.25) is 4.79 Å². The van der Waals surface area contributed by atoms with E-state index in [-0.39, 0.29) is 5.91 Å². The number of amides is 1. The van der Waals surface area contributed by atoms with Crippen LogP contribution >= 0.6 is 15.9 Å². The van der Waals surface area contributed by atoms with E-state index >= 15 is 0 Å². The Kier molecular flexibility index (Phi) is 1.77. The van der Waals surface area contributed by atoms with Gasteiger partial charge in [-0.2, -0.15) is 0 Å². The first-order chi connectivity index (χ1) is 6.11. The van der Waals surface area contributed by atoms with Gasteiger partial charge in [-0.05, 0) is 18.2 Å². The van der Waals surface area contributed by atoms with E-state index in [1.165, 1.54) is 0 Å². The van der Waals surface area contributed by atoms with Crippen molar-refractivity contribution in [1.82, 2.24) is 4.90 Å². The molecule has 0 saturated heterocycles. The molecule has 1 aromatic carbocycles. The fourth-order valence-corrected chi connectivity index (χ4v) is 1.79. The fourth-order valence-electron chi connectivity index (χ4n) is 1.43. The van der Waals surface area contributed by atoms with Crippen LogP contribution in [0.5, 0.6) is 0 Å². The Morgan fingerprint density at radius 1 is 1.38 bits per heavy atom. The summed E-state index contributed by atoms with van der Waals surface area (Å²) in [5.74, 6) is 0.0208. The van der Waals surface area contributed by atoms with Crippen LogP contribution in [0.2, 0.25) is 0 Å². The van der Waals surface area contributed by atoms with Crippen molar-refractivity contribution in [2.24, 2.45) is 0 Å². The van der Waals surface area contributed by atoms with Crippen molar-refractivity contribution in [3.63, 3.8) is 0 Å². The maximum Gasteiger partial charge on any atom is 0.258 e. The molecule has 0 aliphatic carbocycles. The third kappa shape index (κ3) is 1.11. The maximum absolute atomic E-state index is 11.6. The minimum absolute atomic E-state index is 0.0208. The van der Waals surface area contributed by atoms with Gasteiger partial charge in [-0.1, -0.05) is 22.5 Å². The maximum atomic E-state index is 11.6. The predicted molar refractivity (Wildman–Crippen MR) is 55.3 cm³/mol. The highest BCUT2D eigenvalue weighted by Gasteiger charge is 2.27. The van der Waals surface area contributed by atoms with Crippen molar-refractivity contribution in [1.29, 1.82) is 0 Å². The van der Waals surface area contributed by atoms with Crippen molar-refractivity contribution < 1.29 is 4.79 Å². The molecule has 2 rings (SSSR count). The predicted octanol–water partition coefficient (Wildman–Crippen LogP) is 2.51. The summed E-state index contributed by atoms with van der Waals surface area (Å²) in [7, 11) is 1.73. The van der Waals surface area contributed by atoms with Crippen LogP contribution in [0.3, 0.4) is 0 Å². The molecular formula is C10H8BrNO. The van der Waals surface area contributed by atoms with E-state index in [0.717, 1.165) is 21.3 Å². The molecule has 1 amide bonds. The van der Waals surface area contributed by atoms with Gasteiger partial charge in [0.15, 0.2) is 0 Å². The monoisotopic (exact) mass is 237 g/mol. The zero-order valence-electron chi connectivity index (χ0n) is 7.17. The highest BCUT2D eigenvalue weighted by Crippen LogP contribution is 2.31. The summed E-state index contributed by atoms with van der Waals surface area (Å²) in [4.78, 5) is 13.1. The van der Waals surface area contributed by atoms with Gasteiger partial charge in [0.1, 0.15) is 0 Å². The lowest BCUT2D eigenvalue weighted by atomic mass is 10.1. The Bertz CT molecular complexity index is 411. The summed E-state index contributed by atoms with van der Waals surface area (Å²) in [5.41, 5.74) is 2.42. The minimum Gasteiger partial charge on any atom is -0.311 e. The number of hydrogen-bond donors (Lipinski definition) is 0. The lowest BCUT2D eigenvalue weighted by Crippen LogP contribution is -2.16. The lowest BCUT2D eigenvalue weighted by Gasteiger charge is -2.08. The van der Waals surface area contributed by atoms with Crippen LogP contribution in [0.25, 0.3) is 5.70 Å². The molecule has 1 aliphatic rings. The quantitative estimate of drug-likeness (QED) is 0.680. The van der Waals surface area contributed by atoms with E-state index < -0.39 is 0 Å². The Morgan fingerprint density at radius 2 is 2.08 bits per heavy atom. The first kappa shape index (κ1) is 8.51. The van der Waals surface area contributed by atoms with E-state index in [1.807, 2.05) is 18.2 Å². The number of hydrogen-bond acceptors (Lipinski definition) is 1. The summed E-state index contributed by atoms with van der Waals surface area (Å²) < 4.78 is 0.968. The van der Waals surface area contributed by atoms with E-state index in [2.05, 4.69) is 22.5 Å². The van der Waals surface area contributed by atoms with Gasteiger partial charge in [0, 0.05) is 28.3 Å². The van der Waals surface area contributed by atoms with E-state index in [9.17, 15) is 4.79 Å². The highest BCUT2D eigenvalue weighted by atomic mass is 79.9. The van der Waals surface area contributed by atoms with Gasteiger partial charge in [-0.15, -0.1) is 0 Å². The molecule has 1 aromatic rings. The molecule has 2 nitrogen and oxygen atoms in total. The first-order valence-electron chi connectivity index (χ1n) is 3.88. The van der Waals surface area contributed by atoms with Crippen LogP contribution in [-0.4, -0.2) is 17.9 Å². The van der Waals surface area contributed by atoms with Gasteiger partial charge in [0.2, 0.25) is 0 Å². The van der Waals surface area contributed by atoms with Crippen molar-refractivity contribution in [3.05, 3.63) is 40.4 Å². The van der Waals surface area contributed by atoms with E-state index in [0.29, 0.717) is 0 Å². The number of benzene rings is 1. The van der Waals surface area contributed by atoms with Crippen LogP contribution in [0, 0.1) is 0 Å².